The van der Waals surface area contributed by atoms with E-state index in [2.05, 4.69) is 0 Å². The highest BCUT2D eigenvalue weighted by molar-refractivity contribution is 7.98. The molecule has 7 heteroatoms. The van der Waals surface area contributed by atoms with Crippen molar-refractivity contribution in [2.75, 3.05) is 38.7 Å². The number of anilines is 1. The van der Waals surface area contributed by atoms with Gasteiger partial charge in [-0.2, -0.15) is 0 Å². The second kappa shape index (κ2) is 8.95. The number of rotatable bonds is 5. The van der Waals surface area contributed by atoms with Crippen LogP contribution in [0.1, 0.15) is 0 Å². The molecule has 3 rings (SSSR count). The maximum Gasteiger partial charge on any atom is 0.355 e. The molecule has 0 aromatic heterocycles. The molecule has 0 bridgehead atoms. The molecule has 0 saturated carbocycles. The van der Waals surface area contributed by atoms with Crippen LogP contribution in [0.15, 0.2) is 64.7 Å². The molecule has 0 atom stereocenters. The monoisotopic (exact) mass is 399 g/mol. The van der Waals surface area contributed by atoms with Gasteiger partial charge in [-0.3, -0.25) is 0 Å². The Morgan fingerprint density at radius 3 is 2.32 bits per heavy atom. The summed E-state index contributed by atoms with van der Waals surface area (Å²) in [6.07, 6.45) is 2.02. The molecule has 146 valence electrons. The van der Waals surface area contributed by atoms with E-state index in [1.807, 2.05) is 54.8 Å². The first-order valence-electron chi connectivity index (χ1n) is 8.59. The standard InChI is InChI=1S/C21H21NO5S/c1-25-20(23)17-12-27-13-22(19(17)21(24)26-2)18-7-5-4-6-16(18)14-8-10-15(28-3)11-9-14/h4-11H,12-13H2,1-3H3. The fraction of sp³-hybridized carbons (Fsp3) is 0.238. The van der Waals surface area contributed by atoms with Crippen LogP contribution in [0.3, 0.4) is 0 Å². The van der Waals surface area contributed by atoms with E-state index < -0.39 is 11.9 Å². The molecule has 1 aliphatic rings. The first-order chi connectivity index (χ1) is 13.6. The largest absolute Gasteiger partial charge is 0.466 e. The van der Waals surface area contributed by atoms with Gasteiger partial charge >= 0.3 is 11.9 Å². The topological polar surface area (TPSA) is 65.1 Å². The zero-order chi connectivity index (χ0) is 20.1. The predicted octanol–water partition coefficient (Wildman–Crippen LogP) is 3.47. The van der Waals surface area contributed by atoms with Crippen molar-refractivity contribution >= 4 is 29.4 Å². The zero-order valence-electron chi connectivity index (χ0n) is 15.9. The number of ether oxygens (including phenoxy) is 3. The molecule has 6 nitrogen and oxygen atoms in total. The number of esters is 2. The van der Waals surface area contributed by atoms with E-state index in [1.54, 1.807) is 16.7 Å². The number of hydrogen-bond acceptors (Lipinski definition) is 7. The summed E-state index contributed by atoms with van der Waals surface area (Å²) in [5.74, 6) is -1.23. The van der Waals surface area contributed by atoms with E-state index in [9.17, 15) is 9.59 Å². The van der Waals surface area contributed by atoms with Crippen molar-refractivity contribution in [1.29, 1.82) is 0 Å². The van der Waals surface area contributed by atoms with Crippen LogP contribution in [-0.4, -0.2) is 45.8 Å². The summed E-state index contributed by atoms with van der Waals surface area (Å²) < 4.78 is 15.3. The van der Waals surface area contributed by atoms with Crippen molar-refractivity contribution in [2.24, 2.45) is 0 Å². The van der Waals surface area contributed by atoms with Crippen LogP contribution >= 0.6 is 11.8 Å². The lowest BCUT2D eigenvalue weighted by molar-refractivity contribution is -0.140. The second-order valence-electron chi connectivity index (χ2n) is 5.96. The molecule has 1 aliphatic heterocycles. The van der Waals surface area contributed by atoms with Gasteiger partial charge in [0.15, 0.2) is 0 Å². The van der Waals surface area contributed by atoms with Crippen LogP contribution in [-0.2, 0) is 23.8 Å². The SMILES string of the molecule is COC(=O)C1=C(C(=O)OC)N(c2ccccc2-c2ccc(SC)cc2)COC1. The normalized spacial score (nSPS) is 14.0. The van der Waals surface area contributed by atoms with Crippen molar-refractivity contribution in [2.45, 2.75) is 4.90 Å². The second-order valence-corrected chi connectivity index (χ2v) is 6.84. The van der Waals surface area contributed by atoms with Crippen LogP contribution < -0.4 is 4.90 Å². The van der Waals surface area contributed by atoms with Gasteiger partial charge in [-0.05, 0) is 30.0 Å². The fourth-order valence-corrected chi connectivity index (χ4v) is 3.47. The molecular formula is C21H21NO5S. The lowest BCUT2D eigenvalue weighted by atomic mass is 10.0. The van der Waals surface area contributed by atoms with Crippen LogP contribution in [0.4, 0.5) is 5.69 Å². The minimum atomic E-state index is -0.619. The molecule has 0 aliphatic carbocycles. The number of benzene rings is 2. The van der Waals surface area contributed by atoms with Crippen molar-refractivity contribution in [1.82, 2.24) is 0 Å². The Hall–Kier alpha value is -2.77. The third-order valence-electron chi connectivity index (χ3n) is 4.43. The van der Waals surface area contributed by atoms with Gasteiger partial charge in [0.05, 0.1) is 32.1 Å². The average Bonchev–Trinajstić information content (AvgIpc) is 2.77. The molecular weight excluding hydrogens is 378 g/mol. The zero-order valence-corrected chi connectivity index (χ0v) is 16.7. The fourth-order valence-electron chi connectivity index (χ4n) is 3.06. The highest BCUT2D eigenvalue weighted by Gasteiger charge is 2.33. The quantitative estimate of drug-likeness (QED) is 0.563. The number of hydrogen-bond donors (Lipinski definition) is 0. The number of methoxy groups -OCH3 is 2. The van der Waals surface area contributed by atoms with E-state index in [0.717, 1.165) is 21.7 Å². The van der Waals surface area contributed by atoms with Gasteiger partial charge in [0.2, 0.25) is 0 Å². The predicted molar refractivity (Wildman–Crippen MR) is 108 cm³/mol. The summed E-state index contributed by atoms with van der Waals surface area (Å²) >= 11 is 1.67. The molecule has 1 heterocycles. The molecule has 2 aromatic rings. The molecule has 0 spiro atoms. The summed E-state index contributed by atoms with van der Waals surface area (Å²) in [5.41, 5.74) is 2.90. The smallest absolute Gasteiger partial charge is 0.355 e. The summed E-state index contributed by atoms with van der Waals surface area (Å²) in [5, 5.41) is 0. The molecule has 0 fully saturated rings. The maximum absolute atomic E-state index is 12.5. The van der Waals surface area contributed by atoms with E-state index in [1.165, 1.54) is 14.2 Å². The van der Waals surface area contributed by atoms with E-state index >= 15 is 0 Å². The molecule has 0 N–H and O–H groups in total. The Morgan fingerprint density at radius 1 is 1.00 bits per heavy atom. The molecule has 2 aromatic carbocycles. The summed E-state index contributed by atoms with van der Waals surface area (Å²) in [4.78, 5) is 27.5. The number of carbonyl (C=O) groups excluding carboxylic acids is 2. The van der Waals surface area contributed by atoms with Gasteiger partial charge < -0.3 is 19.1 Å². The van der Waals surface area contributed by atoms with E-state index in [4.69, 9.17) is 14.2 Å². The third kappa shape index (κ3) is 3.90. The number of carbonyl (C=O) groups is 2. The minimum Gasteiger partial charge on any atom is -0.466 e. The van der Waals surface area contributed by atoms with Gasteiger partial charge in [-0.15, -0.1) is 11.8 Å². The van der Waals surface area contributed by atoms with Gasteiger partial charge in [-0.25, -0.2) is 9.59 Å². The first kappa shape index (κ1) is 20.0. The Bertz CT molecular complexity index is 907. The van der Waals surface area contributed by atoms with Crippen molar-refractivity contribution < 1.29 is 23.8 Å². The highest BCUT2D eigenvalue weighted by Crippen LogP contribution is 2.35. The summed E-state index contributed by atoms with van der Waals surface area (Å²) in [7, 11) is 2.55. The number of para-hydroxylation sites is 1. The van der Waals surface area contributed by atoms with Crippen LogP contribution in [0, 0.1) is 0 Å². The molecule has 28 heavy (non-hydrogen) atoms. The molecule has 0 unspecified atom stereocenters. The minimum absolute atomic E-state index is 0.0157. The van der Waals surface area contributed by atoms with Crippen LogP contribution in [0.5, 0.6) is 0 Å². The lowest BCUT2D eigenvalue weighted by Crippen LogP contribution is -2.39. The number of nitrogens with zero attached hydrogens (tertiary/aromatic N) is 1. The van der Waals surface area contributed by atoms with Gasteiger partial charge in [-0.1, -0.05) is 30.3 Å². The van der Waals surface area contributed by atoms with Crippen molar-refractivity contribution in [3.8, 4) is 11.1 Å². The van der Waals surface area contributed by atoms with E-state index in [0.29, 0.717) is 0 Å². The maximum atomic E-state index is 12.5. The Kier molecular flexibility index (Phi) is 6.38. The molecule has 0 amide bonds. The van der Waals surface area contributed by atoms with E-state index in [-0.39, 0.29) is 24.6 Å². The molecule has 0 saturated heterocycles. The summed E-state index contributed by atoms with van der Waals surface area (Å²) in [6.45, 7) is 0.100. The lowest BCUT2D eigenvalue weighted by Gasteiger charge is -2.32. The number of thioether (sulfide) groups is 1. The summed E-state index contributed by atoms with van der Waals surface area (Å²) in [6, 6.07) is 15.8. The van der Waals surface area contributed by atoms with Gasteiger partial charge in [0, 0.05) is 10.5 Å². The van der Waals surface area contributed by atoms with Crippen LogP contribution in [0.25, 0.3) is 11.1 Å². The van der Waals surface area contributed by atoms with Crippen LogP contribution in [0.2, 0.25) is 0 Å². The highest BCUT2D eigenvalue weighted by atomic mass is 32.2. The van der Waals surface area contributed by atoms with Crippen molar-refractivity contribution in [3.05, 3.63) is 59.8 Å². The van der Waals surface area contributed by atoms with Gasteiger partial charge in [0.25, 0.3) is 0 Å². The van der Waals surface area contributed by atoms with Crippen molar-refractivity contribution in [3.63, 3.8) is 0 Å². The first-order valence-corrected chi connectivity index (χ1v) is 9.81. The van der Waals surface area contributed by atoms with Gasteiger partial charge in [0.1, 0.15) is 12.4 Å². The average molecular weight is 399 g/mol. The Morgan fingerprint density at radius 2 is 1.68 bits per heavy atom. The Balaban J connectivity index is 2.13. The molecule has 0 radical (unpaired) electrons. The Labute approximate surface area is 168 Å². The third-order valence-corrected chi connectivity index (χ3v) is 5.17.